The second-order valence-electron chi connectivity index (χ2n) is 6.31. The molecule has 0 aliphatic rings. The number of hydrogen-bond acceptors (Lipinski definition) is 2. The Bertz CT molecular complexity index is 676. The van der Waals surface area contributed by atoms with Gasteiger partial charge in [0.2, 0.25) is 0 Å². The molecule has 0 radical (unpaired) electrons. The summed E-state index contributed by atoms with van der Waals surface area (Å²) in [7, 11) is 0. The molecule has 138 valence electrons. The van der Waals surface area contributed by atoms with Crippen molar-refractivity contribution < 1.29 is 28.6 Å². The first-order chi connectivity index (χ1) is 12.3. The van der Waals surface area contributed by atoms with E-state index >= 15 is 0 Å². The SMILES string of the molecule is O=C(O)C(CC[C@H](Cc1ccc(F)cc1)C(=O)O)Cc1ccc(F)cc1. The van der Waals surface area contributed by atoms with E-state index in [-0.39, 0.29) is 25.7 Å². The van der Waals surface area contributed by atoms with Crippen molar-refractivity contribution in [1.29, 1.82) is 0 Å². The lowest BCUT2D eigenvalue weighted by Crippen LogP contribution is -2.22. The monoisotopic (exact) mass is 362 g/mol. The molecule has 0 amide bonds. The van der Waals surface area contributed by atoms with Gasteiger partial charge in [-0.1, -0.05) is 24.3 Å². The van der Waals surface area contributed by atoms with Crippen molar-refractivity contribution in [3.05, 3.63) is 71.3 Å². The highest BCUT2D eigenvalue weighted by Crippen LogP contribution is 2.21. The average Bonchev–Trinajstić information content (AvgIpc) is 2.60. The van der Waals surface area contributed by atoms with Crippen LogP contribution >= 0.6 is 0 Å². The number of halogens is 2. The van der Waals surface area contributed by atoms with Crippen LogP contribution in [0.15, 0.2) is 48.5 Å². The van der Waals surface area contributed by atoms with Crippen LogP contribution in [-0.4, -0.2) is 22.2 Å². The van der Waals surface area contributed by atoms with E-state index in [0.717, 1.165) is 0 Å². The number of rotatable bonds is 9. The number of carbonyl (C=O) groups is 2. The molecule has 1 unspecified atom stereocenters. The fraction of sp³-hybridized carbons (Fsp3) is 0.300. The topological polar surface area (TPSA) is 74.6 Å². The minimum absolute atomic E-state index is 0.185. The Morgan fingerprint density at radius 1 is 0.692 bits per heavy atom. The molecule has 2 N–H and O–H groups in total. The third-order valence-corrected chi connectivity index (χ3v) is 4.35. The van der Waals surface area contributed by atoms with E-state index in [1.54, 1.807) is 0 Å². The van der Waals surface area contributed by atoms with Gasteiger partial charge in [0, 0.05) is 0 Å². The summed E-state index contributed by atoms with van der Waals surface area (Å²) in [6.45, 7) is 0. The summed E-state index contributed by atoms with van der Waals surface area (Å²) in [6, 6.07) is 11.2. The van der Waals surface area contributed by atoms with Crippen LogP contribution in [0.1, 0.15) is 24.0 Å². The van der Waals surface area contributed by atoms with Crippen molar-refractivity contribution >= 4 is 11.9 Å². The summed E-state index contributed by atoms with van der Waals surface area (Å²) in [4.78, 5) is 23.0. The maximum atomic E-state index is 13.0. The highest BCUT2D eigenvalue weighted by Gasteiger charge is 2.24. The lowest BCUT2D eigenvalue weighted by Gasteiger charge is -2.17. The lowest BCUT2D eigenvalue weighted by atomic mass is 9.88. The molecular weight excluding hydrogens is 342 g/mol. The van der Waals surface area contributed by atoms with Gasteiger partial charge in [-0.05, 0) is 61.1 Å². The zero-order chi connectivity index (χ0) is 19.1. The van der Waals surface area contributed by atoms with Gasteiger partial charge >= 0.3 is 11.9 Å². The fourth-order valence-corrected chi connectivity index (χ4v) is 2.84. The number of benzene rings is 2. The molecule has 0 aromatic heterocycles. The maximum Gasteiger partial charge on any atom is 0.306 e. The zero-order valence-electron chi connectivity index (χ0n) is 14.1. The standard InChI is InChI=1S/C20H20F2O4/c21-17-7-1-13(2-8-17)11-15(19(23)24)5-6-16(20(25)26)12-14-3-9-18(22)10-4-14/h1-4,7-10,15-16H,5-6,11-12H2,(H,23,24)(H,25,26)/t15-,16?/m1/s1. The number of carboxylic acids is 2. The molecule has 0 heterocycles. The molecule has 4 nitrogen and oxygen atoms in total. The lowest BCUT2D eigenvalue weighted by molar-refractivity contribution is -0.145. The first-order valence-electron chi connectivity index (χ1n) is 8.29. The van der Waals surface area contributed by atoms with Crippen LogP contribution in [0.2, 0.25) is 0 Å². The van der Waals surface area contributed by atoms with Crippen molar-refractivity contribution in [3.63, 3.8) is 0 Å². The Morgan fingerprint density at radius 3 is 1.27 bits per heavy atom. The highest BCUT2D eigenvalue weighted by atomic mass is 19.1. The summed E-state index contributed by atoms with van der Waals surface area (Å²) in [6.07, 6.45) is 0.784. The highest BCUT2D eigenvalue weighted by molar-refractivity contribution is 5.72. The van der Waals surface area contributed by atoms with E-state index in [1.165, 1.54) is 48.5 Å². The van der Waals surface area contributed by atoms with Crippen molar-refractivity contribution in [3.8, 4) is 0 Å². The van der Waals surface area contributed by atoms with E-state index in [9.17, 15) is 28.6 Å². The smallest absolute Gasteiger partial charge is 0.306 e. The Labute approximate surface area is 150 Å². The van der Waals surface area contributed by atoms with Gasteiger partial charge in [-0.25, -0.2) is 8.78 Å². The van der Waals surface area contributed by atoms with Crippen molar-refractivity contribution in [2.75, 3.05) is 0 Å². The minimum atomic E-state index is -1.01. The van der Waals surface area contributed by atoms with Crippen LogP contribution < -0.4 is 0 Å². The molecule has 0 saturated carbocycles. The Kier molecular flexibility index (Phi) is 6.83. The van der Waals surface area contributed by atoms with Gasteiger partial charge in [0.05, 0.1) is 11.8 Å². The van der Waals surface area contributed by atoms with Gasteiger partial charge in [0.25, 0.3) is 0 Å². The predicted octanol–water partition coefficient (Wildman–Crippen LogP) is 3.93. The number of carboxylic acid groups (broad SMARTS) is 2. The molecule has 2 aromatic carbocycles. The second-order valence-corrected chi connectivity index (χ2v) is 6.31. The van der Waals surface area contributed by atoms with Gasteiger partial charge in [-0.3, -0.25) is 9.59 Å². The van der Waals surface area contributed by atoms with Gasteiger partial charge in [0.15, 0.2) is 0 Å². The maximum absolute atomic E-state index is 13.0. The van der Waals surface area contributed by atoms with Crippen LogP contribution in [0.25, 0.3) is 0 Å². The molecule has 6 heteroatoms. The summed E-state index contributed by atoms with van der Waals surface area (Å²) >= 11 is 0. The molecule has 0 bridgehead atoms. The van der Waals surface area contributed by atoms with Gasteiger partial charge in [-0.15, -0.1) is 0 Å². The molecule has 2 atom stereocenters. The minimum Gasteiger partial charge on any atom is -0.481 e. The van der Waals surface area contributed by atoms with E-state index in [0.29, 0.717) is 11.1 Å². The van der Waals surface area contributed by atoms with Gasteiger partial charge < -0.3 is 10.2 Å². The first-order valence-corrected chi connectivity index (χ1v) is 8.29. The molecule has 26 heavy (non-hydrogen) atoms. The molecule has 0 aliphatic heterocycles. The van der Waals surface area contributed by atoms with Crippen molar-refractivity contribution in [1.82, 2.24) is 0 Å². The Hall–Kier alpha value is -2.76. The Morgan fingerprint density at radius 2 is 1.00 bits per heavy atom. The second kappa shape index (κ2) is 9.08. The normalized spacial score (nSPS) is 13.2. The molecule has 2 aromatic rings. The van der Waals surface area contributed by atoms with E-state index < -0.39 is 35.4 Å². The first kappa shape index (κ1) is 19.6. The van der Waals surface area contributed by atoms with E-state index in [4.69, 9.17) is 0 Å². The van der Waals surface area contributed by atoms with Crippen molar-refractivity contribution in [2.45, 2.75) is 25.7 Å². The third-order valence-electron chi connectivity index (χ3n) is 4.35. The average molecular weight is 362 g/mol. The molecular formula is C20H20F2O4. The van der Waals surface area contributed by atoms with Crippen LogP contribution in [-0.2, 0) is 22.4 Å². The van der Waals surface area contributed by atoms with Crippen LogP contribution in [0, 0.1) is 23.5 Å². The van der Waals surface area contributed by atoms with Crippen LogP contribution in [0.4, 0.5) is 8.78 Å². The van der Waals surface area contributed by atoms with Gasteiger partial charge in [0.1, 0.15) is 11.6 Å². The molecule has 2 rings (SSSR count). The zero-order valence-corrected chi connectivity index (χ0v) is 14.1. The molecule has 0 saturated heterocycles. The Balaban J connectivity index is 1.99. The summed E-state index contributed by atoms with van der Waals surface area (Å²) in [5, 5.41) is 18.8. The van der Waals surface area contributed by atoms with E-state index in [2.05, 4.69) is 0 Å². The largest absolute Gasteiger partial charge is 0.481 e. The fourth-order valence-electron chi connectivity index (χ4n) is 2.84. The van der Waals surface area contributed by atoms with E-state index in [1.807, 2.05) is 0 Å². The van der Waals surface area contributed by atoms with Crippen LogP contribution in [0.5, 0.6) is 0 Å². The predicted molar refractivity (Wildman–Crippen MR) is 91.7 cm³/mol. The number of aliphatic carboxylic acids is 2. The summed E-state index contributed by atoms with van der Waals surface area (Å²) in [5.74, 6) is -4.33. The van der Waals surface area contributed by atoms with Crippen molar-refractivity contribution in [2.24, 2.45) is 11.8 Å². The molecule has 0 spiro atoms. The molecule has 0 aliphatic carbocycles. The summed E-state index contributed by atoms with van der Waals surface area (Å²) < 4.78 is 25.9. The van der Waals surface area contributed by atoms with Gasteiger partial charge in [-0.2, -0.15) is 0 Å². The quantitative estimate of drug-likeness (QED) is 0.709. The summed E-state index contributed by atoms with van der Waals surface area (Å²) in [5.41, 5.74) is 1.37. The third kappa shape index (κ3) is 5.95. The molecule has 0 fully saturated rings. The van der Waals surface area contributed by atoms with Crippen LogP contribution in [0.3, 0.4) is 0 Å². The number of hydrogen-bond donors (Lipinski definition) is 2.